The van der Waals surface area contributed by atoms with Crippen LogP contribution in [0.1, 0.15) is 31.2 Å². The third-order valence-electron chi connectivity index (χ3n) is 3.34. The third kappa shape index (κ3) is 2.90. The smallest absolute Gasteiger partial charge is 0.231 e. The van der Waals surface area contributed by atoms with Crippen molar-refractivity contribution >= 4 is 5.91 Å². The first kappa shape index (κ1) is 13.5. The van der Waals surface area contributed by atoms with Gasteiger partial charge < -0.3 is 9.64 Å². The lowest BCUT2D eigenvalue weighted by molar-refractivity contribution is -0.132. The quantitative estimate of drug-likeness (QED) is 0.775. The lowest BCUT2D eigenvalue weighted by Gasteiger charge is -2.29. The van der Waals surface area contributed by atoms with Crippen molar-refractivity contribution in [3.8, 4) is 18.1 Å². The van der Waals surface area contributed by atoms with Gasteiger partial charge in [0.2, 0.25) is 5.91 Å². The number of para-hydroxylation sites is 1. The molecule has 0 saturated heterocycles. The van der Waals surface area contributed by atoms with Crippen LogP contribution >= 0.6 is 0 Å². The van der Waals surface area contributed by atoms with Crippen LogP contribution in [-0.2, 0) is 4.79 Å². The van der Waals surface area contributed by atoms with Crippen LogP contribution in [0, 0.1) is 12.3 Å². The highest BCUT2D eigenvalue weighted by atomic mass is 16.5. The monoisotopic (exact) mass is 257 g/mol. The van der Waals surface area contributed by atoms with Crippen LogP contribution in [0.15, 0.2) is 24.3 Å². The molecule has 0 N–H and O–H groups in total. The number of amides is 1. The van der Waals surface area contributed by atoms with Gasteiger partial charge in [0.25, 0.3) is 0 Å². The Labute approximate surface area is 114 Å². The highest BCUT2D eigenvalue weighted by Gasteiger charge is 2.30. The highest BCUT2D eigenvalue weighted by molar-refractivity contribution is 5.85. The van der Waals surface area contributed by atoms with E-state index >= 15 is 0 Å². The zero-order chi connectivity index (χ0) is 13.7. The first-order chi connectivity index (χ1) is 9.27. The maximum atomic E-state index is 12.6. The van der Waals surface area contributed by atoms with E-state index < -0.39 is 0 Å². The number of rotatable bonds is 4. The van der Waals surface area contributed by atoms with Gasteiger partial charge in [-0.3, -0.25) is 4.79 Å². The molecule has 3 nitrogen and oxygen atoms in total. The predicted octanol–water partition coefficient (Wildman–Crippen LogP) is 2.42. The zero-order valence-corrected chi connectivity index (χ0v) is 11.3. The fourth-order valence-corrected chi connectivity index (χ4v) is 2.47. The molecule has 0 spiro atoms. The van der Waals surface area contributed by atoms with E-state index in [1.165, 1.54) is 0 Å². The third-order valence-corrected chi connectivity index (χ3v) is 3.34. The van der Waals surface area contributed by atoms with Crippen LogP contribution in [0.2, 0.25) is 0 Å². The molecule has 1 unspecified atom stereocenters. The molecule has 0 aromatic heterocycles. The number of fused-ring (bicyclic) bond motifs is 1. The van der Waals surface area contributed by atoms with Crippen molar-refractivity contribution in [3.63, 3.8) is 0 Å². The van der Waals surface area contributed by atoms with E-state index in [0.717, 1.165) is 24.2 Å². The fourth-order valence-electron chi connectivity index (χ4n) is 2.47. The van der Waals surface area contributed by atoms with Crippen LogP contribution < -0.4 is 4.74 Å². The number of carbonyl (C=O) groups excluding carboxylic acids is 1. The normalized spacial score (nSPS) is 16.9. The number of hydrogen-bond donors (Lipinski definition) is 0. The number of benzene rings is 1. The summed E-state index contributed by atoms with van der Waals surface area (Å²) in [6, 6.07) is 7.76. The molecule has 1 aliphatic rings. The van der Waals surface area contributed by atoms with Crippen LogP contribution in [0.3, 0.4) is 0 Å². The summed E-state index contributed by atoms with van der Waals surface area (Å²) < 4.78 is 5.59. The second-order valence-corrected chi connectivity index (χ2v) is 4.69. The molecule has 0 radical (unpaired) electrons. The molecule has 100 valence electrons. The Kier molecular flexibility index (Phi) is 4.46. The molecule has 0 aliphatic carbocycles. The van der Waals surface area contributed by atoms with Crippen LogP contribution in [-0.4, -0.2) is 30.5 Å². The molecule has 0 saturated carbocycles. The molecule has 0 bridgehead atoms. The van der Waals surface area contributed by atoms with E-state index in [2.05, 4.69) is 12.8 Å². The number of nitrogens with zero attached hydrogens (tertiary/aromatic N) is 1. The minimum Gasteiger partial charge on any atom is -0.493 e. The predicted molar refractivity (Wildman–Crippen MR) is 75.0 cm³/mol. The molecule has 1 aromatic rings. The van der Waals surface area contributed by atoms with Gasteiger partial charge in [-0.25, -0.2) is 0 Å². The number of ether oxygens (including phenoxy) is 1. The van der Waals surface area contributed by atoms with Gasteiger partial charge in [0.1, 0.15) is 5.75 Å². The summed E-state index contributed by atoms with van der Waals surface area (Å²) in [6.45, 7) is 3.73. The average molecular weight is 257 g/mol. The molecular formula is C16H19NO2. The second kappa shape index (κ2) is 6.29. The van der Waals surface area contributed by atoms with Crippen molar-refractivity contribution < 1.29 is 9.53 Å². The van der Waals surface area contributed by atoms with E-state index in [-0.39, 0.29) is 11.8 Å². The minimum absolute atomic E-state index is 0.121. The highest BCUT2D eigenvalue weighted by Crippen LogP contribution is 2.34. The van der Waals surface area contributed by atoms with Gasteiger partial charge in [-0.2, -0.15) is 0 Å². The van der Waals surface area contributed by atoms with Gasteiger partial charge >= 0.3 is 0 Å². The summed E-state index contributed by atoms with van der Waals surface area (Å²) in [4.78, 5) is 14.4. The van der Waals surface area contributed by atoms with Gasteiger partial charge in [0.15, 0.2) is 0 Å². The summed E-state index contributed by atoms with van der Waals surface area (Å²) >= 11 is 0. The first-order valence-corrected chi connectivity index (χ1v) is 6.72. The molecule has 0 fully saturated rings. The van der Waals surface area contributed by atoms with Gasteiger partial charge in [-0.1, -0.05) is 31.0 Å². The molecule has 1 heterocycles. The van der Waals surface area contributed by atoms with Crippen molar-refractivity contribution in [2.75, 3.05) is 19.7 Å². The standard InChI is InChI=1S/C16H19NO2/c1-3-10-17(11-4-2)16(18)14-9-12-19-15-8-6-5-7-13(14)15/h1,5-8,14H,4,9-12H2,2H3. The lowest BCUT2D eigenvalue weighted by atomic mass is 9.91. The van der Waals surface area contributed by atoms with Crippen molar-refractivity contribution in [3.05, 3.63) is 29.8 Å². The van der Waals surface area contributed by atoms with Crippen LogP contribution in [0.5, 0.6) is 5.75 Å². The molecule has 1 amide bonds. The SMILES string of the molecule is C#CCN(CCC)C(=O)C1CCOc2ccccc21. The summed E-state index contributed by atoms with van der Waals surface area (Å²) in [5.74, 6) is 3.39. The second-order valence-electron chi connectivity index (χ2n) is 4.69. The van der Waals surface area contributed by atoms with Gasteiger partial charge in [0.05, 0.1) is 19.1 Å². The van der Waals surface area contributed by atoms with Gasteiger partial charge in [-0.05, 0) is 18.9 Å². The molecule has 1 atom stereocenters. The summed E-state index contributed by atoms with van der Waals surface area (Å²) in [5, 5.41) is 0. The van der Waals surface area contributed by atoms with E-state index in [0.29, 0.717) is 19.7 Å². The first-order valence-electron chi connectivity index (χ1n) is 6.72. The Morgan fingerprint density at radius 3 is 3.05 bits per heavy atom. The Bertz CT molecular complexity index is 490. The van der Waals surface area contributed by atoms with Crippen molar-refractivity contribution in [1.82, 2.24) is 4.90 Å². The molecule has 19 heavy (non-hydrogen) atoms. The van der Waals surface area contributed by atoms with E-state index in [1.54, 1.807) is 4.90 Å². The molecule has 3 heteroatoms. The molecular weight excluding hydrogens is 238 g/mol. The number of terminal acetylenes is 1. The molecule has 1 aromatic carbocycles. The fraction of sp³-hybridized carbons (Fsp3) is 0.438. The summed E-state index contributed by atoms with van der Waals surface area (Å²) in [5.41, 5.74) is 0.983. The van der Waals surface area contributed by atoms with Crippen molar-refractivity contribution in [2.45, 2.75) is 25.7 Å². The van der Waals surface area contributed by atoms with Crippen LogP contribution in [0.4, 0.5) is 0 Å². The van der Waals surface area contributed by atoms with E-state index in [1.807, 2.05) is 24.3 Å². The summed E-state index contributed by atoms with van der Waals surface area (Å²) in [7, 11) is 0. The van der Waals surface area contributed by atoms with Crippen molar-refractivity contribution in [1.29, 1.82) is 0 Å². The zero-order valence-electron chi connectivity index (χ0n) is 11.3. The molecule has 1 aliphatic heterocycles. The Morgan fingerprint density at radius 1 is 1.53 bits per heavy atom. The maximum Gasteiger partial charge on any atom is 0.231 e. The maximum absolute atomic E-state index is 12.6. The minimum atomic E-state index is -0.121. The Balaban J connectivity index is 2.22. The van der Waals surface area contributed by atoms with Crippen LogP contribution in [0.25, 0.3) is 0 Å². The topological polar surface area (TPSA) is 29.5 Å². The Hall–Kier alpha value is -1.95. The van der Waals surface area contributed by atoms with E-state index in [9.17, 15) is 4.79 Å². The average Bonchev–Trinajstić information content (AvgIpc) is 2.46. The number of hydrogen-bond acceptors (Lipinski definition) is 2. The largest absolute Gasteiger partial charge is 0.493 e. The van der Waals surface area contributed by atoms with E-state index in [4.69, 9.17) is 11.2 Å². The van der Waals surface area contributed by atoms with Gasteiger partial charge in [-0.15, -0.1) is 6.42 Å². The van der Waals surface area contributed by atoms with Crippen molar-refractivity contribution in [2.24, 2.45) is 0 Å². The Morgan fingerprint density at radius 2 is 2.32 bits per heavy atom. The summed E-state index contributed by atoms with van der Waals surface area (Å²) in [6.07, 6.45) is 6.99. The van der Waals surface area contributed by atoms with Gasteiger partial charge in [0, 0.05) is 12.1 Å². The molecule has 2 rings (SSSR count). The number of carbonyl (C=O) groups is 1. The lowest BCUT2D eigenvalue weighted by Crippen LogP contribution is -2.37.